The van der Waals surface area contributed by atoms with E-state index in [1.165, 1.54) is 10.5 Å². The normalized spacial score (nSPS) is 14.2. The van der Waals surface area contributed by atoms with E-state index in [4.69, 9.17) is 5.73 Å². The van der Waals surface area contributed by atoms with Crippen LogP contribution < -0.4 is 5.73 Å². The molecule has 116 valence electrons. The largest absolute Gasteiger partial charge is 0.345 e. The number of pyridine rings is 1. The molecular weight excluding hydrogens is 288 g/mol. The Morgan fingerprint density at radius 2 is 2.14 bits per heavy atom. The highest BCUT2D eigenvalue weighted by molar-refractivity contribution is 7.89. The average Bonchev–Trinajstić information content (AvgIpc) is 2.88. The van der Waals surface area contributed by atoms with Crippen molar-refractivity contribution in [1.82, 2.24) is 14.3 Å². The molecule has 2 aromatic heterocycles. The van der Waals surface area contributed by atoms with Crippen molar-refractivity contribution in [3.63, 3.8) is 0 Å². The third-order valence-electron chi connectivity index (χ3n) is 3.74. The van der Waals surface area contributed by atoms with Gasteiger partial charge in [-0.2, -0.15) is 0 Å². The monoisotopic (exact) mass is 310 g/mol. The van der Waals surface area contributed by atoms with Gasteiger partial charge in [-0.05, 0) is 24.5 Å². The fraction of sp³-hybridized carbons (Fsp3) is 0.500. The Balaban J connectivity index is 2.21. The molecule has 2 heterocycles. The molecule has 0 aliphatic rings. The van der Waals surface area contributed by atoms with Crippen LogP contribution in [-0.2, 0) is 10.0 Å². The molecule has 0 radical (unpaired) electrons. The lowest BCUT2D eigenvalue weighted by atomic mass is 10.0. The lowest BCUT2D eigenvalue weighted by Crippen LogP contribution is -2.34. The first-order valence-electron chi connectivity index (χ1n) is 6.98. The van der Waals surface area contributed by atoms with Crippen molar-refractivity contribution >= 4 is 21.1 Å². The number of nitrogens with one attached hydrogen (secondary N) is 1. The highest BCUT2D eigenvalue weighted by Crippen LogP contribution is 2.23. The number of fused-ring (bicyclic) bond motifs is 1. The van der Waals surface area contributed by atoms with E-state index in [1.807, 2.05) is 13.8 Å². The van der Waals surface area contributed by atoms with E-state index in [0.717, 1.165) is 0 Å². The lowest BCUT2D eigenvalue weighted by Gasteiger charge is -2.21. The Kier molecular flexibility index (Phi) is 4.65. The van der Waals surface area contributed by atoms with Crippen molar-refractivity contribution < 1.29 is 8.42 Å². The Labute approximate surface area is 125 Å². The number of hydrogen-bond acceptors (Lipinski definition) is 4. The van der Waals surface area contributed by atoms with Crippen LogP contribution in [0.5, 0.6) is 0 Å². The first kappa shape index (κ1) is 15.9. The fourth-order valence-electron chi connectivity index (χ4n) is 2.10. The van der Waals surface area contributed by atoms with Gasteiger partial charge in [0.1, 0.15) is 10.5 Å². The molecule has 1 unspecified atom stereocenters. The van der Waals surface area contributed by atoms with Crippen molar-refractivity contribution in [2.24, 2.45) is 11.7 Å². The summed E-state index contributed by atoms with van der Waals surface area (Å²) in [4.78, 5) is 7.26. The van der Waals surface area contributed by atoms with E-state index in [-0.39, 0.29) is 10.9 Å². The molecule has 2 rings (SSSR count). The van der Waals surface area contributed by atoms with Gasteiger partial charge in [0.2, 0.25) is 10.0 Å². The molecule has 0 aromatic carbocycles. The highest BCUT2D eigenvalue weighted by atomic mass is 32.2. The number of sulfonamides is 1. The third kappa shape index (κ3) is 3.25. The van der Waals surface area contributed by atoms with Crippen molar-refractivity contribution in [2.45, 2.75) is 31.2 Å². The van der Waals surface area contributed by atoms with Gasteiger partial charge in [0.25, 0.3) is 0 Å². The van der Waals surface area contributed by atoms with Crippen LogP contribution in [0.15, 0.2) is 29.4 Å². The van der Waals surface area contributed by atoms with E-state index < -0.39 is 10.0 Å². The Bertz CT molecular complexity index is 709. The van der Waals surface area contributed by atoms with E-state index in [2.05, 4.69) is 9.97 Å². The smallest absolute Gasteiger partial charge is 0.245 e. The minimum Gasteiger partial charge on any atom is -0.345 e. The number of nitrogens with zero attached hydrogens (tertiary/aromatic N) is 2. The number of hydrogen-bond donors (Lipinski definition) is 2. The molecule has 0 aliphatic heterocycles. The first-order chi connectivity index (χ1) is 9.84. The summed E-state index contributed by atoms with van der Waals surface area (Å²) in [5, 5.41) is 0.609. The molecule has 6 nitrogen and oxygen atoms in total. The van der Waals surface area contributed by atoms with Crippen LogP contribution in [0.1, 0.15) is 20.3 Å². The molecule has 0 saturated heterocycles. The molecule has 2 aromatic rings. The van der Waals surface area contributed by atoms with Gasteiger partial charge in [0.15, 0.2) is 0 Å². The van der Waals surface area contributed by atoms with Crippen LogP contribution in [0.2, 0.25) is 0 Å². The summed E-state index contributed by atoms with van der Waals surface area (Å²) in [6, 6.07) is 3.47. The van der Waals surface area contributed by atoms with Crippen molar-refractivity contribution in [1.29, 1.82) is 0 Å². The second-order valence-corrected chi connectivity index (χ2v) is 7.59. The Morgan fingerprint density at radius 3 is 2.81 bits per heavy atom. The topological polar surface area (TPSA) is 92.1 Å². The van der Waals surface area contributed by atoms with E-state index in [9.17, 15) is 8.42 Å². The minimum atomic E-state index is -3.54. The summed E-state index contributed by atoms with van der Waals surface area (Å²) >= 11 is 0. The molecule has 0 bridgehead atoms. The van der Waals surface area contributed by atoms with Gasteiger partial charge in [0.05, 0.1) is 0 Å². The van der Waals surface area contributed by atoms with E-state index >= 15 is 0 Å². The predicted molar refractivity (Wildman–Crippen MR) is 83.3 cm³/mol. The number of aromatic nitrogens is 2. The Hall–Kier alpha value is -1.44. The molecule has 1 atom stereocenters. The molecule has 21 heavy (non-hydrogen) atoms. The maximum absolute atomic E-state index is 12.6. The van der Waals surface area contributed by atoms with Gasteiger partial charge in [-0.25, -0.2) is 17.7 Å². The number of nitrogens with two attached hydrogens (primary N) is 1. The highest BCUT2D eigenvalue weighted by Gasteiger charge is 2.25. The van der Waals surface area contributed by atoms with Crippen LogP contribution in [-0.4, -0.2) is 42.3 Å². The van der Waals surface area contributed by atoms with Crippen LogP contribution in [0.25, 0.3) is 11.0 Å². The summed E-state index contributed by atoms with van der Waals surface area (Å²) in [6.07, 6.45) is 3.75. The molecule has 0 amide bonds. The Morgan fingerprint density at radius 1 is 1.43 bits per heavy atom. The average molecular weight is 310 g/mol. The number of H-pyrrole nitrogens is 1. The second kappa shape index (κ2) is 6.13. The zero-order chi connectivity index (χ0) is 15.6. The maximum Gasteiger partial charge on any atom is 0.245 e. The minimum absolute atomic E-state index is 0.00714. The molecule has 0 spiro atoms. The van der Waals surface area contributed by atoms with Crippen LogP contribution in [0.4, 0.5) is 0 Å². The third-order valence-corrected chi connectivity index (χ3v) is 5.63. The maximum atomic E-state index is 12.6. The molecular formula is C14H22N4O2S. The standard InChI is InChI=1S/C14H22N4O2S/c1-10(2)12(15)6-8-18(3)21(19,20)13-9-17-14-11(13)5-4-7-16-14/h4-5,7,9-10,12H,6,8,15H2,1-3H3,(H,16,17). The molecule has 0 aliphatic carbocycles. The SMILES string of the molecule is CC(C)C(N)CCN(C)S(=O)(=O)c1c[nH]c2ncccc12. The predicted octanol–water partition coefficient (Wildman–Crippen LogP) is 1.56. The van der Waals surface area contributed by atoms with Gasteiger partial charge < -0.3 is 10.7 Å². The van der Waals surface area contributed by atoms with Gasteiger partial charge >= 0.3 is 0 Å². The van der Waals surface area contributed by atoms with Gasteiger partial charge in [0, 0.05) is 37.4 Å². The fourth-order valence-corrected chi connectivity index (χ4v) is 3.43. The second-order valence-electron chi connectivity index (χ2n) is 5.58. The molecule has 3 N–H and O–H groups in total. The summed E-state index contributed by atoms with van der Waals surface area (Å²) in [5.41, 5.74) is 6.55. The van der Waals surface area contributed by atoms with Crippen LogP contribution in [0, 0.1) is 5.92 Å². The zero-order valence-electron chi connectivity index (χ0n) is 12.6. The van der Waals surface area contributed by atoms with Crippen molar-refractivity contribution in [3.05, 3.63) is 24.5 Å². The molecule has 0 saturated carbocycles. The quantitative estimate of drug-likeness (QED) is 0.847. The van der Waals surface area contributed by atoms with Crippen molar-refractivity contribution in [3.8, 4) is 0 Å². The molecule has 7 heteroatoms. The lowest BCUT2D eigenvalue weighted by molar-refractivity contribution is 0.398. The van der Waals surface area contributed by atoms with Crippen LogP contribution >= 0.6 is 0 Å². The van der Waals surface area contributed by atoms with Gasteiger partial charge in [-0.3, -0.25) is 0 Å². The number of rotatable bonds is 6. The summed E-state index contributed by atoms with van der Waals surface area (Å²) < 4.78 is 26.6. The zero-order valence-corrected chi connectivity index (χ0v) is 13.4. The van der Waals surface area contributed by atoms with E-state index in [0.29, 0.717) is 29.9 Å². The van der Waals surface area contributed by atoms with Crippen LogP contribution in [0.3, 0.4) is 0 Å². The first-order valence-corrected chi connectivity index (χ1v) is 8.42. The summed E-state index contributed by atoms with van der Waals surface area (Å²) in [6.45, 7) is 4.46. The van der Waals surface area contributed by atoms with Crippen molar-refractivity contribution in [2.75, 3.05) is 13.6 Å². The van der Waals surface area contributed by atoms with Gasteiger partial charge in [-0.15, -0.1) is 0 Å². The summed E-state index contributed by atoms with van der Waals surface area (Å²) in [7, 11) is -1.96. The summed E-state index contributed by atoms with van der Waals surface area (Å²) in [5.74, 6) is 0.332. The van der Waals surface area contributed by atoms with Gasteiger partial charge in [-0.1, -0.05) is 13.8 Å². The number of aromatic amines is 1. The molecule has 0 fully saturated rings. The van der Waals surface area contributed by atoms with E-state index in [1.54, 1.807) is 25.4 Å².